The Labute approximate surface area is 201 Å². The number of aliphatic carboxylic acids is 2. The normalized spacial score (nSPS) is 27.5. The van der Waals surface area contributed by atoms with Crippen molar-refractivity contribution < 1.29 is 34.8 Å². The monoisotopic (exact) mass is 477 g/mol. The number of carboxylic acids is 2. The Balaban J connectivity index is 0.000000277. The lowest BCUT2D eigenvalue weighted by Crippen LogP contribution is -2.61. The molecule has 1 aromatic rings. The van der Waals surface area contributed by atoms with E-state index in [0.717, 1.165) is 23.6 Å². The molecule has 8 heteroatoms. The van der Waals surface area contributed by atoms with Crippen LogP contribution < -0.4 is 4.74 Å². The number of carbonyl (C=O) groups is 2. The Morgan fingerprint density at radius 3 is 2.38 bits per heavy atom. The molecule has 1 saturated heterocycles. The van der Waals surface area contributed by atoms with Gasteiger partial charge in [0.05, 0.1) is 7.11 Å². The van der Waals surface area contributed by atoms with Crippen molar-refractivity contribution in [2.45, 2.75) is 82.5 Å². The number of likely N-dealkylation sites (tertiary alicyclic amines) is 1. The lowest BCUT2D eigenvalue weighted by Gasteiger charge is -2.59. The summed E-state index contributed by atoms with van der Waals surface area (Å²) in [6, 6.07) is 7.69. The summed E-state index contributed by atoms with van der Waals surface area (Å²) in [5.74, 6) is -0.812. The Morgan fingerprint density at radius 1 is 1.12 bits per heavy atom. The van der Waals surface area contributed by atoms with Gasteiger partial charge in [-0.3, -0.25) is 4.90 Å². The maximum absolute atomic E-state index is 9.77. The van der Waals surface area contributed by atoms with Crippen LogP contribution in [0.5, 0.6) is 5.75 Å². The molecule has 1 aromatic carbocycles. The van der Waals surface area contributed by atoms with Gasteiger partial charge in [0, 0.05) is 11.5 Å². The summed E-state index contributed by atoms with van der Waals surface area (Å²) in [5.41, 5.74) is 3.69. The van der Waals surface area contributed by atoms with Crippen molar-refractivity contribution >= 4 is 11.9 Å². The minimum atomic E-state index is -2.27. The highest BCUT2D eigenvalue weighted by Crippen LogP contribution is 2.56. The molecule has 0 unspecified atom stereocenters. The van der Waals surface area contributed by atoms with Crippen LogP contribution >= 0.6 is 0 Å². The van der Waals surface area contributed by atoms with E-state index in [4.69, 9.17) is 25.2 Å². The number of piperidine rings is 1. The molecular weight excluding hydrogens is 438 g/mol. The summed E-state index contributed by atoms with van der Waals surface area (Å²) in [4.78, 5) is 22.4. The van der Waals surface area contributed by atoms with Crippen LogP contribution in [-0.4, -0.2) is 75.7 Å². The predicted molar refractivity (Wildman–Crippen MR) is 127 cm³/mol. The number of methoxy groups -OCH3 is 1. The van der Waals surface area contributed by atoms with Crippen molar-refractivity contribution in [1.82, 2.24) is 4.90 Å². The van der Waals surface area contributed by atoms with Gasteiger partial charge >= 0.3 is 11.9 Å². The van der Waals surface area contributed by atoms with Crippen LogP contribution in [0.3, 0.4) is 0 Å². The molecule has 190 valence electrons. The van der Waals surface area contributed by atoms with Crippen molar-refractivity contribution in [3.8, 4) is 5.75 Å². The number of ether oxygens (including phenoxy) is 1. The van der Waals surface area contributed by atoms with Gasteiger partial charge in [-0.15, -0.1) is 0 Å². The maximum atomic E-state index is 9.77. The van der Waals surface area contributed by atoms with E-state index >= 15 is 0 Å². The Kier molecular flexibility index (Phi) is 8.60. The molecule has 34 heavy (non-hydrogen) atoms. The smallest absolute Gasteiger partial charge is 0.335 e. The van der Waals surface area contributed by atoms with E-state index in [1.54, 1.807) is 18.2 Å². The average molecular weight is 478 g/mol. The number of hydrogen-bond acceptors (Lipinski definition) is 6. The summed E-state index contributed by atoms with van der Waals surface area (Å²) in [7, 11) is 1.80. The molecule has 4 N–H and O–H groups in total. The molecule has 1 aliphatic heterocycles. The first kappa shape index (κ1) is 26.4. The fourth-order valence-corrected chi connectivity index (χ4v) is 6.16. The Morgan fingerprint density at radius 2 is 1.79 bits per heavy atom. The van der Waals surface area contributed by atoms with E-state index in [1.807, 2.05) is 0 Å². The Hall–Kier alpha value is -2.16. The fraction of sp³-hybridized carbons (Fsp3) is 0.692. The minimum Gasteiger partial charge on any atom is -0.497 e. The van der Waals surface area contributed by atoms with E-state index in [2.05, 4.69) is 36.9 Å². The average Bonchev–Trinajstić information content (AvgIpc) is 2.82. The van der Waals surface area contributed by atoms with Gasteiger partial charge < -0.3 is 25.2 Å². The molecule has 8 nitrogen and oxygen atoms in total. The summed E-state index contributed by atoms with van der Waals surface area (Å²) < 4.78 is 5.57. The first-order valence-electron chi connectivity index (χ1n) is 12.3. The zero-order valence-electron chi connectivity index (χ0n) is 20.4. The van der Waals surface area contributed by atoms with Crippen molar-refractivity contribution in [3.05, 3.63) is 29.3 Å². The van der Waals surface area contributed by atoms with Gasteiger partial charge in [-0.1, -0.05) is 32.8 Å². The number of carboxylic acid groups (broad SMARTS) is 2. The quantitative estimate of drug-likeness (QED) is 0.472. The standard InChI is InChI=1S/C22H33NO.C4H6O6/c1-16(2)9-12-23-13-11-22-10-5-4-6-19(22)21(23)14-17-7-8-18(24-3)15-20(17)22;5-1(3(7)8)2(6)4(9)10/h7-8,15-16,19,21H,4-6,9-14H2,1-3H3;1-2,5-6H,(H,7,8)(H,9,10)/t19-,21-,22-;1-,2-/m01/s1. The molecule has 1 heterocycles. The first-order valence-corrected chi connectivity index (χ1v) is 12.3. The van der Waals surface area contributed by atoms with E-state index in [-0.39, 0.29) is 0 Å². The number of nitrogens with zero attached hydrogens (tertiary/aromatic N) is 1. The van der Waals surface area contributed by atoms with Gasteiger partial charge in [0.1, 0.15) is 5.75 Å². The van der Waals surface area contributed by atoms with Gasteiger partial charge in [0.2, 0.25) is 0 Å². The molecule has 2 bridgehead atoms. The maximum Gasteiger partial charge on any atom is 0.335 e. The fourth-order valence-electron chi connectivity index (χ4n) is 6.16. The SMILES string of the molecule is COc1ccc2c(c1)[C@]13CCCC[C@H]1[C@H](C2)N(CCC(C)C)CC3.O=C(O)[C@H](O)[C@@H](O)C(=O)O. The van der Waals surface area contributed by atoms with Crippen LogP contribution in [-0.2, 0) is 21.4 Å². The number of hydrogen-bond donors (Lipinski definition) is 4. The third-order valence-electron chi connectivity index (χ3n) is 7.96. The number of benzene rings is 1. The largest absolute Gasteiger partial charge is 0.497 e. The van der Waals surface area contributed by atoms with Gasteiger partial charge in [-0.2, -0.15) is 0 Å². The predicted octanol–water partition coefficient (Wildman–Crippen LogP) is 2.68. The molecule has 2 fully saturated rings. The Bertz CT molecular complexity index is 855. The zero-order chi connectivity index (χ0) is 25.0. The van der Waals surface area contributed by atoms with Gasteiger partial charge in [0.15, 0.2) is 12.2 Å². The second-order valence-corrected chi connectivity index (χ2v) is 10.3. The van der Waals surface area contributed by atoms with E-state index < -0.39 is 24.1 Å². The molecule has 0 aromatic heterocycles. The van der Waals surface area contributed by atoms with E-state index in [0.29, 0.717) is 5.41 Å². The van der Waals surface area contributed by atoms with Crippen LogP contribution in [0.15, 0.2) is 18.2 Å². The number of aliphatic hydroxyl groups excluding tert-OH is 2. The van der Waals surface area contributed by atoms with Crippen molar-refractivity contribution in [1.29, 1.82) is 0 Å². The highest BCUT2D eigenvalue weighted by molar-refractivity contribution is 5.83. The molecule has 0 spiro atoms. The van der Waals surface area contributed by atoms with Gasteiger partial charge in [-0.25, -0.2) is 9.59 Å². The molecule has 5 atom stereocenters. The van der Waals surface area contributed by atoms with Crippen molar-refractivity contribution in [2.75, 3.05) is 20.2 Å². The van der Waals surface area contributed by atoms with Crippen LogP contribution in [0.2, 0.25) is 0 Å². The van der Waals surface area contributed by atoms with E-state index in [1.165, 1.54) is 58.0 Å². The van der Waals surface area contributed by atoms with Gasteiger partial charge in [0.25, 0.3) is 0 Å². The molecule has 3 aliphatic rings. The molecule has 1 saturated carbocycles. The minimum absolute atomic E-state index is 0.444. The lowest BCUT2D eigenvalue weighted by atomic mass is 9.52. The summed E-state index contributed by atoms with van der Waals surface area (Å²) in [5, 5.41) is 32.5. The van der Waals surface area contributed by atoms with E-state index in [9.17, 15) is 9.59 Å². The number of fused-ring (bicyclic) bond motifs is 1. The third kappa shape index (κ3) is 5.39. The summed E-state index contributed by atoms with van der Waals surface area (Å²) in [6.45, 7) is 7.31. The van der Waals surface area contributed by atoms with Crippen LogP contribution in [0, 0.1) is 11.8 Å². The van der Waals surface area contributed by atoms with Crippen molar-refractivity contribution in [2.24, 2.45) is 11.8 Å². The van der Waals surface area contributed by atoms with Crippen LogP contribution in [0.4, 0.5) is 0 Å². The first-order chi connectivity index (χ1) is 16.1. The second kappa shape index (κ2) is 11.1. The van der Waals surface area contributed by atoms with Gasteiger partial charge in [-0.05, 0) is 80.3 Å². The zero-order valence-corrected chi connectivity index (χ0v) is 20.4. The van der Waals surface area contributed by atoms with Crippen LogP contribution in [0.1, 0.15) is 63.5 Å². The van der Waals surface area contributed by atoms with Crippen molar-refractivity contribution in [3.63, 3.8) is 0 Å². The lowest BCUT2D eigenvalue weighted by molar-refractivity contribution is -0.165. The summed E-state index contributed by atoms with van der Waals surface area (Å²) >= 11 is 0. The highest BCUT2D eigenvalue weighted by Gasteiger charge is 2.53. The third-order valence-corrected chi connectivity index (χ3v) is 7.96. The molecule has 0 radical (unpaired) electrons. The molecule has 4 rings (SSSR count). The topological polar surface area (TPSA) is 128 Å². The summed E-state index contributed by atoms with van der Waals surface area (Å²) in [6.07, 6.45) is 5.08. The molecule has 0 amide bonds. The number of rotatable bonds is 7. The molecular formula is C26H39NO7. The molecule has 2 aliphatic carbocycles. The highest BCUT2D eigenvalue weighted by atomic mass is 16.5. The van der Waals surface area contributed by atoms with Crippen LogP contribution in [0.25, 0.3) is 0 Å². The number of aliphatic hydroxyl groups is 2. The second-order valence-electron chi connectivity index (χ2n) is 10.3.